The smallest absolute Gasteiger partial charge is 0.337 e. The Hall–Kier alpha value is -3.12. The summed E-state index contributed by atoms with van der Waals surface area (Å²) in [5, 5.41) is 2.77. The second kappa shape index (κ2) is 7.25. The predicted octanol–water partition coefficient (Wildman–Crippen LogP) is 3.53. The van der Waals surface area contributed by atoms with Gasteiger partial charge in [0.1, 0.15) is 10.7 Å². The van der Waals surface area contributed by atoms with Crippen molar-refractivity contribution in [1.29, 1.82) is 0 Å². The molecule has 2 aromatic carbocycles. The third-order valence-electron chi connectivity index (χ3n) is 4.21. The minimum absolute atomic E-state index is 0.00108. The van der Waals surface area contributed by atoms with Crippen molar-refractivity contribution in [2.45, 2.75) is 13.8 Å². The average molecular weight is 385 g/mol. The topological polar surface area (TPSA) is 75.7 Å². The summed E-state index contributed by atoms with van der Waals surface area (Å²) in [6.45, 7) is 3.81. The van der Waals surface area contributed by atoms with Crippen LogP contribution in [0.2, 0.25) is 0 Å². The number of methoxy groups -OCH3 is 1. The van der Waals surface area contributed by atoms with Gasteiger partial charge in [-0.3, -0.25) is 9.59 Å². The minimum Gasteiger partial charge on any atom is -0.465 e. The van der Waals surface area contributed by atoms with Crippen molar-refractivity contribution < 1.29 is 19.1 Å². The average Bonchev–Trinajstić information content (AvgIpc) is 2.87. The van der Waals surface area contributed by atoms with Crippen LogP contribution in [-0.2, 0) is 14.3 Å². The maximum Gasteiger partial charge on any atom is 0.337 e. The molecule has 0 bridgehead atoms. The number of nitrogens with zero attached hydrogens (tertiary/aromatic N) is 1. The summed E-state index contributed by atoms with van der Waals surface area (Å²) in [7, 11) is 1.26. The Balaban J connectivity index is 1.95. The molecule has 1 N–H and O–H groups in total. The molecule has 0 fully saturated rings. The van der Waals surface area contributed by atoms with Crippen LogP contribution in [0.1, 0.15) is 21.5 Å². The summed E-state index contributed by atoms with van der Waals surface area (Å²) in [6.07, 6.45) is 0. The summed E-state index contributed by atoms with van der Waals surface area (Å²) >= 11 is 6.15. The zero-order valence-corrected chi connectivity index (χ0v) is 15.8. The monoisotopic (exact) mass is 384 g/mol. The van der Waals surface area contributed by atoms with Crippen LogP contribution in [0.15, 0.2) is 53.2 Å². The molecule has 0 unspecified atom stereocenters. The summed E-state index contributed by atoms with van der Waals surface area (Å²) < 4.78 is 4.68. The van der Waals surface area contributed by atoms with E-state index < -0.39 is 17.8 Å². The van der Waals surface area contributed by atoms with Crippen molar-refractivity contribution in [3.8, 4) is 0 Å². The molecule has 0 radical (unpaired) electrons. The Morgan fingerprint density at radius 1 is 1.07 bits per heavy atom. The van der Waals surface area contributed by atoms with Gasteiger partial charge in [0.05, 0.1) is 18.4 Å². The van der Waals surface area contributed by atoms with E-state index >= 15 is 0 Å². The van der Waals surface area contributed by atoms with Crippen molar-refractivity contribution in [3.63, 3.8) is 0 Å². The first-order valence-electron chi connectivity index (χ1n) is 8.14. The van der Waals surface area contributed by atoms with Gasteiger partial charge in [0.25, 0.3) is 11.8 Å². The first-order valence-corrected chi connectivity index (χ1v) is 8.52. The number of hydrogen-bond donors (Lipinski definition) is 1. The van der Waals surface area contributed by atoms with Crippen LogP contribution in [-0.4, -0.2) is 24.9 Å². The molecule has 2 aromatic rings. The Kier molecular flexibility index (Phi) is 5.01. The van der Waals surface area contributed by atoms with E-state index in [0.717, 1.165) is 16.0 Å². The third kappa shape index (κ3) is 3.44. The van der Waals surface area contributed by atoms with Crippen LogP contribution in [0.3, 0.4) is 0 Å². The van der Waals surface area contributed by atoms with Crippen LogP contribution in [0.5, 0.6) is 0 Å². The van der Waals surface area contributed by atoms with E-state index in [2.05, 4.69) is 10.1 Å². The molecule has 2 amide bonds. The van der Waals surface area contributed by atoms with Crippen molar-refractivity contribution in [2.75, 3.05) is 17.3 Å². The van der Waals surface area contributed by atoms with E-state index in [9.17, 15) is 14.4 Å². The molecule has 6 nitrogen and oxygen atoms in total. The van der Waals surface area contributed by atoms with Crippen LogP contribution in [0.4, 0.5) is 11.4 Å². The Morgan fingerprint density at radius 3 is 2.52 bits per heavy atom. The molecule has 1 heterocycles. The highest BCUT2D eigenvalue weighted by Gasteiger charge is 2.39. The first-order chi connectivity index (χ1) is 12.8. The van der Waals surface area contributed by atoms with Gasteiger partial charge in [0.15, 0.2) is 0 Å². The van der Waals surface area contributed by atoms with Gasteiger partial charge in [-0.05, 0) is 49.2 Å². The van der Waals surface area contributed by atoms with Gasteiger partial charge >= 0.3 is 5.97 Å². The molecule has 27 heavy (non-hydrogen) atoms. The highest BCUT2D eigenvalue weighted by molar-refractivity contribution is 6.53. The van der Waals surface area contributed by atoms with Crippen molar-refractivity contribution in [3.05, 3.63) is 69.9 Å². The number of esters is 1. The lowest BCUT2D eigenvalue weighted by atomic mass is 10.1. The zero-order valence-electron chi connectivity index (χ0n) is 15.0. The van der Waals surface area contributed by atoms with Crippen molar-refractivity contribution >= 4 is 40.8 Å². The van der Waals surface area contributed by atoms with Crippen LogP contribution in [0.25, 0.3) is 0 Å². The molecule has 0 saturated carbocycles. The number of nitrogens with one attached hydrogen (secondary N) is 1. The summed E-state index contributed by atoms with van der Waals surface area (Å²) in [5.74, 6) is -1.81. The van der Waals surface area contributed by atoms with Crippen molar-refractivity contribution in [2.24, 2.45) is 0 Å². The van der Waals surface area contributed by atoms with E-state index in [0.29, 0.717) is 5.69 Å². The highest BCUT2D eigenvalue weighted by atomic mass is 35.5. The van der Waals surface area contributed by atoms with Crippen LogP contribution >= 0.6 is 11.6 Å². The molecule has 0 aromatic heterocycles. The number of halogens is 1. The van der Waals surface area contributed by atoms with Gasteiger partial charge in [-0.25, -0.2) is 9.69 Å². The number of rotatable bonds is 4. The number of aryl methyl sites for hydroxylation is 2. The number of imide groups is 1. The molecule has 1 aliphatic heterocycles. The first kappa shape index (κ1) is 18.7. The maximum absolute atomic E-state index is 12.9. The van der Waals surface area contributed by atoms with Gasteiger partial charge in [-0.15, -0.1) is 0 Å². The quantitative estimate of drug-likeness (QED) is 0.644. The number of ether oxygens (including phenoxy) is 1. The predicted molar refractivity (Wildman–Crippen MR) is 103 cm³/mol. The van der Waals surface area contributed by atoms with E-state index in [1.807, 2.05) is 32.0 Å². The fraction of sp³-hybridized carbons (Fsp3) is 0.150. The van der Waals surface area contributed by atoms with Crippen LogP contribution < -0.4 is 10.2 Å². The summed E-state index contributed by atoms with van der Waals surface area (Å²) in [4.78, 5) is 38.1. The van der Waals surface area contributed by atoms with Crippen molar-refractivity contribution in [1.82, 2.24) is 0 Å². The Morgan fingerprint density at radius 2 is 1.81 bits per heavy atom. The van der Waals surface area contributed by atoms with Gasteiger partial charge in [0, 0.05) is 5.69 Å². The van der Waals surface area contributed by atoms with E-state index in [-0.39, 0.29) is 22.0 Å². The summed E-state index contributed by atoms with van der Waals surface area (Å²) in [6, 6.07) is 11.8. The Bertz CT molecular complexity index is 997. The number of anilines is 2. The SMILES string of the molecule is COC(=O)c1cccc(N2C(=O)C(Cl)=C(Nc3cc(C)ccc3C)C2=O)c1. The number of carbonyl (C=O) groups is 3. The molecular formula is C20H17ClN2O4. The van der Waals surface area contributed by atoms with E-state index in [1.165, 1.54) is 19.2 Å². The molecule has 1 aliphatic rings. The molecule has 3 rings (SSSR count). The molecule has 0 atom stereocenters. The summed E-state index contributed by atoms with van der Waals surface area (Å²) in [5.41, 5.74) is 3.06. The number of carbonyl (C=O) groups excluding carboxylic acids is 3. The highest BCUT2D eigenvalue weighted by Crippen LogP contribution is 2.31. The second-order valence-corrected chi connectivity index (χ2v) is 6.50. The lowest BCUT2D eigenvalue weighted by Crippen LogP contribution is -2.32. The fourth-order valence-electron chi connectivity index (χ4n) is 2.74. The van der Waals surface area contributed by atoms with E-state index in [1.54, 1.807) is 12.1 Å². The normalized spacial score (nSPS) is 14.0. The van der Waals surface area contributed by atoms with Gasteiger partial charge in [-0.2, -0.15) is 0 Å². The zero-order chi connectivity index (χ0) is 19.7. The number of benzene rings is 2. The van der Waals surface area contributed by atoms with Gasteiger partial charge in [-0.1, -0.05) is 29.8 Å². The molecular weight excluding hydrogens is 368 g/mol. The third-order valence-corrected chi connectivity index (χ3v) is 4.56. The number of amides is 2. The fourth-order valence-corrected chi connectivity index (χ4v) is 2.95. The van der Waals surface area contributed by atoms with Crippen LogP contribution in [0, 0.1) is 13.8 Å². The number of hydrogen-bond acceptors (Lipinski definition) is 5. The maximum atomic E-state index is 12.9. The molecule has 7 heteroatoms. The lowest BCUT2D eigenvalue weighted by Gasteiger charge is -2.16. The minimum atomic E-state index is -0.656. The largest absolute Gasteiger partial charge is 0.465 e. The molecule has 0 saturated heterocycles. The second-order valence-electron chi connectivity index (χ2n) is 6.12. The lowest BCUT2D eigenvalue weighted by molar-refractivity contribution is -0.120. The van der Waals surface area contributed by atoms with Gasteiger partial charge < -0.3 is 10.1 Å². The van der Waals surface area contributed by atoms with Gasteiger partial charge in [0.2, 0.25) is 0 Å². The molecule has 0 spiro atoms. The molecule has 138 valence electrons. The van der Waals surface area contributed by atoms with E-state index in [4.69, 9.17) is 11.6 Å². The molecule has 0 aliphatic carbocycles. The Labute approximate surface area is 161 Å². The standard InChI is InChI=1S/C20H17ClN2O4/c1-11-7-8-12(2)15(9-11)22-17-16(21)18(24)23(19(17)25)14-6-4-5-13(10-14)20(26)27-3/h4-10,22H,1-3H3.